The molecule has 21 heavy (non-hydrogen) atoms. The number of carbonyl (C=O) groups excluding carboxylic acids is 1. The van der Waals surface area contributed by atoms with Gasteiger partial charge in [-0.15, -0.1) is 0 Å². The number of nitrogens with one attached hydrogen (secondary N) is 1. The molecule has 0 spiro atoms. The van der Waals surface area contributed by atoms with Crippen molar-refractivity contribution in [1.82, 2.24) is 20.0 Å². The third-order valence-corrected chi connectivity index (χ3v) is 3.35. The van der Waals surface area contributed by atoms with Crippen molar-refractivity contribution in [1.29, 1.82) is 0 Å². The Morgan fingerprint density at radius 2 is 2.10 bits per heavy atom. The summed E-state index contributed by atoms with van der Waals surface area (Å²) in [5.41, 5.74) is 3.61. The largest absolute Gasteiger partial charge is 0.351 e. The Hall–Kier alpha value is -2.14. The first kappa shape index (κ1) is 15.3. The molecule has 0 fully saturated rings. The number of amides is 1. The van der Waals surface area contributed by atoms with Gasteiger partial charge in [0.15, 0.2) is 0 Å². The van der Waals surface area contributed by atoms with Gasteiger partial charge in [0.2, 0.25) is 0 Å². The maximum Gasteiger partial charge on any atom is 0.254 e. The maximum atomic E-state index is 12.2. The van der Waals surface area contributed by atoms with Gasteiger partial charge < -0.3 is 10.2 Å². The van der Waals surface area contributed by atoms with Crippen molar-refractivity contribution in [2.75, 3.05) is 27.2 Å². The second-order valence-corrected chi connectivity index (χ2v) is 5.45. The molecule has 0 bridgehead atoms. The molecule has 2 rings (SSSR count). The Kier molecular flexibility index (Phi) is 4.75. The zero-order chi connectivity index (χ0) is 15.4. The van der Waals surface area contributed by atoms with E-state index in [1.807, 2.05) is 57.1 Å². The van der Waals surface area contributed by atoms with Crippen LogP contribution in [0.5, 0.6) is 0 Å². The summed E-state index contributed by atoms with van der Waals surface area (Å²) in [5, 5.41) is 7.25. The van der Waals surface area contributed by atoms with Crippen LogP contribution in [0.15, 0.2) is 30.5 Å². The van der Waals surface area contributed by atoms with E-state index < -0.39 is 0 Å². The molecule has 1 heterocycles. The molecule has 112 valence electrons. The Bertz CT molecular complexity index is 631. The topological polar surface area (TPSA) is 50.2 Å². The average molecular weight is 286 g/mol. The van der Waals surface area contributed by atoms with Crippen LogP contribution in [-0.2, 0) is 0 Å². The van der Waals surface area contributed by atoms with Crippen LogP contribution < -0.4 is 5.32 Å². The van der Waals surface area contributed by atoms with E-state index >= 15 is 0 Å². The van der Waals surface area contributed by atoms with Gasteiger partial charge in [0.25, 0.3) is 5.91 Å². The van der Waals surface area contributed by atoms with Crippen molar-refractivity contribution in [2.24, 2.45) is 0 Å². The molecule has 1 amide bonds. The summed E-state index contributed by atoms with van der Waals surface area (Å²) in [7, 11) is 3.96. The first-order valence-corrected chi connectivity index (χ1v) is 7.03. The second kappa shape index (κ2) is 6.54. The minimum Gasteiger partial charge on any atom is -0.351 e. The van der Waals surface area contributed by atoms with E-state index in [1.165, 1.54) is 5.56 Å². The Labute approximate surface area is 125 Å². The SMILES string of the molecule is Cc1cccc(-n2ncc(C(=O)NCCN(C)C)c2C)c1. The fourth-order valence-electron chi connectivity index (χ4n) is 2.14. The van der Waals surface area contributed by atoms with Crippen LogP contribution in [0.25, 0.3) is 5.69 Å². The molecule has 0 aliphatic heterocycles. The van der Waals surface area contributed by atoms with E-state index in [0.717, 1.165) is 17.9 Å². The number of likely N-dealkylation sites (N-methyl/N-ethyl adjacent to an activating group) is 1. The fourth-order valence-corrected chi connectivity index (χ4v) is 2.14. The van der Waals surface area contributed by atoms with Gasteiger partial charge in [0, 0.05) is 13.1 Å². The first-order chi connectivity index (χ1) is 9.99. The summed E-state index contributed by atoms with van der Waals surface area (Å²) >= 11 is 0. The van der Waals surface area contributed by atoms with Gasteiger partial charge in [-0.3, -0.25) is 4.79 Å². The van der Waals surface area contributed by atoms with Crippen molar-refractivity contribution in [3.05, 3.63) is 47.3 Å². The summed E-state index contributed by atoms with van der Waals surface area (Å²) in [6.07, 6.45) is 1.63. The van der Waals surface area contributed by atoms with Crippen molar-refractivity contribution < 1.29 is 4.79 Å². The highest BCUT2D eigenvalue weighted by molar-refractivity contribution is 5.95. The normalized spacial score (nSPS) is 10.9. The van der Waals surface area contributed by atoms with Crippen molar-refractivity contribution in [2.45, 2.75) is 13.8 Å². The quantitative estimate of drug-likeness (QED) is 0.911. The summed E-state index contributed by atoms with van der Waals surface area (Å²) in [6.45, 7) is 5.39. The number of nitrogens with zero attached hydrogens (tertiary/aromatic N) is 3. The number of aromatic nitrogens is 2. The maximum absolute atomic E-state index is 12.2. The van der Waals surface area contributed by atoms with Crippen LogP contribution in [0.3, 0.4) is 0 Å². The lowest BCUT2D eigenvalue weighted by atomic mass is 10.2. The van der Waals surface area contributed by atoms with Gasteiger partial charge >= 0.3 is 0 Å². The number of hydrogen-bond acceptors (Lipinski definition) is 3. The number of benzene rings is 1. The molecule has 0 aliphatic carbocycles. The third-order valence-electron chi connectivity index (χ3n) is 3.35. The van der Waals surface area contributed by atoms with Crippen LogP contribution in [0.4, 0.5) is 0 Å². The van der Waals surface area contributed by atoms with Crippen molar-refractivity contribution in [3.8, 4) is 5.69 Å². The predicted molar refractivity (Wildman–Crippen MR) is 83.9 cm³/mol. The molecular weight excluding hydrogens is 264 g/mol. The molecule has 0 atom stereocenters. The summed E-state index contributed by atoms with van der Waals surface area (Å²) in [5.74, 6) is -0.0757. The molecule has 1 aromatic carbocycles. The molecule has 0 saturated heterocycles. The molecule has 5 nitrogen and oxygen atoms in total. The number of carbonyl (C=O) groups is 1. The minimum absolute atomic E-state index is 0.0757. The lowest BCUT2D eigenvalue weighted by Gasteiger charge is -2.10. The van der Waals surface area contributed by atoms with Gasteiger partial charge in [-0.05, 0) is 45.6 Å². The molecule has 0 unspecified atom stereocenters. The Balaban J connectivity index is 2.15. The molecule has 1 N–H and O–H groups in total. The van der Waals surface area contributed by atoms with Gasteiger partial charge in [-0.2, -0.15) is 5.10 Å². The highest BCUT2D eigenvalue weighted by Crippen LogP contribution is 2.15. The summed E-state index contributed by atoms with van der Waals surface area (Å²) in [4.78, 5) is 14.2. The molecule has 0 aliphatic rings. The number of rotatable bonds is 5. The number of hydrogen-bond donors (Lipinski definition) is 1. The van der Waals surface area contributed by atoms with E-state index in [9.17, 15) is 4.79 Å². The van der Waals surface area contributed by atoms with E-state index in [1.54, 1.807) is 10.9 Å². The molecule has 5 heteroatoms. The summed E-state index contributed by atoms with van der Waals surface area (Å²) in [6, 6.07) is 8.06. The standard InChI is InChI=1S/C16H22N4O/c1-12-6-5-7-14(10-12)20-13(2)15(11-18-20)16(21)17-8-9-19(3)4/h5-7,10-11H,8-9H2,1-4H3,(H,17,21). The smallest absolute Gasteiger partial charge is 0.254 e. The van der Waals surface area contributed by atoms with Gasteiger partial charge in [0.05, 0.1) is 23.1 Å². The molecule has 1 aromatic heterocycles. The second-order valence-electron chi connectivity index (χ2n) is 5.45. The van der Waals surface area contributed by atoms with Crippen molar-refractivity contribution >= 4 is 5.91 Å². The highest BCUT2D eigenvalue weighted by atomic mass is 16.1. The van der Waals surface area contributed by atoms with E-state index in [-0.39, 0.29) is 5.91 Å². The van der Waals surface area contributed by atoms with E-state index in [4.69, 9.17) is 0 Å². The zero-order valence-corrected chi connectivity index (χ0v) is 13.1. The first-order valence-electron chi connectivity index (χ1n) is 7.03. The lowest BCUT2D eigenvalue weighted by molar-refractivity contribution is 0.0950. The van der Waals surface area contributed by atoms with Gasteiger partial charge in [-0.1, -0.05) is 12.1 Å². The van der Waals surface area contributed by atoms with Crippen molar-refractivity contribution in [3.63, 3.8) is 0 Å². The van der Waals surface area contributed by atoms with Crippen LogP contribution in [-0.4, -0.2) is 47.8 Å². The monoisotopic (exact) mass is 286 g/mol. The van der Waals surface area contributed by atoms with Crippen LogP contribution >= 0.6 is 0 Å². The molecule has 2 aromatic rings. The van der Waals surface area contributed by atoms with E-state index in [2.05, 4.69) is 10.4 Å². The molecule has 0 saturated carbocycles. The third kappa shape index (κ3) is 3.70. The Morgan fingerprint density at radius 3 is 2.76 bits per heavy atom. The van der Waals surface area contributed by atoms with E-state index in [0.29, 0.717) is 12.1 Å². The zero-order valence-electron chi connectivity index (χ0n) is 13.1. The predicted octanol–water partition coefficient (Wildman–Crippen LogP) is 1.78. The summed E-state index contributed by atoms with van der Waals surface area (Å²) < 4.78 is 1.80. The average Bonchev–Trinajstić information content (AvgIpc) is 2.80. The molecule has 0 radical (unpaired) electrons. The number of aryl methyl sites for hydroxylation is 1. The van der Waals surface area contributed by atoms with Crippen LogP contribution in [0, 0.1) is 13.8 Å². The highest BCUT2D eigenvalue weighted by Gasteiger charge is 2.14. The molecular formula is C16H22N4O. The van der Waals surface area contributed by atoms with Gasteiger partial charge in [-0.25, -0.2) is 4.68 Å². The van der Waals surface area contributed by atoms with Crippen LogP contribution in [0.1, 0.15) is 21.6 Å². The minimum atomic E-state index is -0.0757. The van der Waals surface area contributed by atoms with Gasteiger partial charge in [0.1, 0.15) is 0 Å². The lowest BCUT2D eigenvalue weighted by Crippen LogP contribution is -2.31. The fraction of sp³-hybridized carbons (Fsp3) is 0.375. The Morgan fingerprint density at radius 1 is 1.33 bits per heavy atom. The van der Waals surface area contributed by atoms with Crippen LogP contribution in [0.2, 0.25) is 0 Å².